The van der Waals surface area contributed by atoms with Gasteiger partial charge >= 0.3 is 17.9 Å². The van der Waals surface area contributed by atoms with E-state index in [0.29, 0.717) is 0 Å². The minimum atomic E-state index is -2.10. The largest absolute Gasteiger partial charge is 0.478 e. The highest BCUT2D eigenvalue weighted by Crippen LogP contribution is 2.23. The number of carboxylic acid groups (broad SMARTS) is 1. The molecular formula is C14H20N4O9. The SMILES string of the molecule is CC(=O)O[C@@H](C(=O)O)[C@@H](OC(C)=O)C(=O)N[C@@H]1C[C@@H](O)[C@H](N=[N+]=[N-])C[C@H]1O. The summed E-state index contributed by atoms with van der Waals surface area (Å²) in [5, 5.41) is 34.8. The molecule has 0 radical (unpaired) electrons. The van der Waals surface area contributed by atoms with Crippen LogP contribution in [0.5, 0.6) is 0 Å². The Morgan fingerprint density at radius 3 is 2.11 bits per heavy atom. The van der Waals surface area contributed by atoms with E-state index in [1.54, 1.807) is 0 Å². The number of aliphatic carboxylic acids is 1. The molecule has 0 heterocycles. The molecule has 1 fully saturated rings. The lowest BCUT2D eigenvalue weighted by molar-refractivity contribution is -0.181. The highest BCUT2D eigenvalue weighted by atomic mass is 16.6. The molecule has 0 saturated heterocycles. The van der Waals surface area contributed by atoms with Gasteiger partial charge in [-0.1, -0.05) is 5.11 Å². The van der Waals surface area contributed by atoms with E-state index in [2.05, 4.69) is 24.8 Å². The number of hydrogen-bond donors (Lipinski definition) is 4. The minimum Gasteiger partial charge on any atom is -0.478 e. The topological polar surface area (TPSA) is 208 Å². The van der Waals surface area contributed by atoms with Crippen molar-refractivity contribution < 1.29 is 44.0 Å². The van der Waals surface area contributed by atoms with Gasteiger partial charge < -0.3 is 30.1 Å². The number of amides is 1. The minimum absolute atomic E-state index is 0.152. The molecule has 1 saturated carbocycles. The molecule has 13 heteroatoms. The molecule has 0 aromatic heterocycles. The summed E-state index contributed by atoms with van der Waals surface area (Å²) in [6.07, 6.45) is -6.85. The number of hydrogen-bond acceptors (Lipinski definition) is 9. The van der Waals surface area contributed by atoms with Crippen LogP contribution in [0.2, 0.25) is 0 Å². The number of nitrogens with zero attached hydrogens (tertiary/aromatic N) is 3. The van der Waals surface area contributed by atoms with Gasteiger partial charge in [-0.15, -0.1) is 0 Å². The highest BCUT2D eigenvalue weighted by Gasteiger charge is 2.42. The molecule has 0 aromatic rings. The monoisotopic (exact) mass is 388 g/mol. The molecule has 1 amide bonds. The van der Waals surface area contributed by atoms with E-state index in [0.717, 1.165) is 13.8 Å². The second-order valence-electron chi connectivity index (χ2n) is 5.89. The van der Waals surface area contributed by atoms with Gasteiger partial charge in [0, 0.05) is 18.8 Å². The van der Waals surface area contributed by atoms with E-state index in [1.807, 2.05) is 0 Å². The maximum absolute atomic E-state index is 12.4. The average Bonchev–Trinajstić information content (AvgIpc) is 2.54. The van der Waals surface area contributed by atoms with Gasteiger partial charge in [0.05, 0.1) is 24.3 Å². The van der Waals surface area contributed by atoms with Gasteiger partial charge in [0.1, 0.15) is 0 Å². The summed E-state index contributed by atoms with van der Waals surface area (Å²) in [7, 11) is 0. The highest BCUT2D eigenvalue weighted by molar-refractivity contribution is 5.91. The van der Waals surface area contributed by atoms with Crippen LogP contribution in [0.25, 0.3) is 10.4 Å². The number of rotatable bonds is 7. The number of ether oxygens (including phenoxy) is 2. The second-order valence-corrected chi connectivity index (χ2v) is 5.89. The van der Waals surface area contributed by atoms with Crippen LogP contribution in [-0.4, -0.2) is 75.6 Å². The van der Waals surface area contributed by atoms with Crippen molar-refractivity contribution >= 4 is 23.8 Å². The summed E-state index contributed by atoms with van der Waals surface area (Å²) in [5.74, 6) is -4.88. The van der Waals surface area contributed by atoms with E-state index in [9.17, 15) is 29.4 Å². The maximum atomic E-state index is 12.4. The van der Waals surface area contributed by atoms with Crippen LogP contribution < -0.4 is 5.32 Å². The number of carboxylic acids is 1. The number of esters is 2. The first-order valence-electron chi connectivity index (χ1n) is 7.84. The standard InChI is InChI=1S/C14H20N4O9/c1-5(19)26-11(12(14(24)25)27-6(2)20)13(23)16-7-3-10(22)8(17-18-15)4-9(7)21/h7-12,21-22H,3-4H2,1-2H3,(H,16,23)(H,24,25)/t7-,8-,9-,10-,11-,12-/m1/s1. The van der Waals surface area contributed by atoms with Crippen LogP contribution in [0.3, 0.4) is 0 Å². The van der Waals surface area contributed by atoms with E-state index in [-0.39, 0.29) is 12.8 Å². The second kappa shape index (κ2) is 9.71. The maximum Gasteiger partial charge on any atom is 0.349 e. The van der Waals surface area contributed by atoms with Crippen molar-refractivity contribution in [2.45, 2.75) is 63.2 Å². The van der Waals surface area contributed by atoms with Crippen LogP contribution in [0, 0.1) is 0 Å². The molecule has 1 rings (SSSR count). The Kier molecular flexibility index (Phi) is 7.97. The summed E-state index contributed by atoms with van der Waals surface area (Å²) in [5.41, 5.74) is 8.43. The van der Waals surface area contributed by atoms with Gasteiger partial charge in [0.15, 0.2) is 0 Å². The number of carbonyl (C=O) groups excluding carboxylic acids is 3. The van der Waals surface area contributed by atoms with Gasteiger partial charge in [0.2, 0.25) is 12.2 Å². The lowest BCUT2D eigenvalue weighted by Gasteiger charge is -2.36. The first kappa shape index (κ1) is 22.2. The number of aliphatic hydroxyl groups excluding tert-OH is 2. The Balaban J connectivity index is 2.95. The molecule has 0 bridgehead atoms. The third-order valence-electron chi connectivity index (χ3n) is 3.78. The van der Waals surface area contributed by atoms with E-state index < -0.39 is 60.3 Å². The summed E-state index contributed by atoms with van der Waals surface area (Å²) in [4.78, 5) is 48.6. The van der Waals surface area contributed by atoms with Crippen LogP contribution in [0.4, 0.5) is 0 Å². The Hall–Kier alpha value is -2.89. The van der Waals surface area contributed by atoms with Crippen molar-refractivity contribution in [3.8, 4) is 0 Å². The Bertz CT molecular complexity index is 648. The molecule has 1 aliphatic rings. The summed E-state index contributed by atoms with van der Waals surface area (Å²) >= 11 is 0. The first-order chi connectivity index (χ1) is 12.6. The zero-order valence-corrected chi connectivity index (χ0v) is 14.5. The summed E-state index contributed by atoms with van der Waals surface area (Å²) in [6.45, 7) is 1.84. The van der Waals surface area contributed by atoms with E-state index in [1.165, 1.54) is 0 Å². The fraction of sp³-hybridized carbons (Fsp3) is 0.714. The van der Waals surface area contributed by atoms with Crippen molar-refractivity contribution in [2.75, 3.05) is 0 Å². The third kappa shape index (κ3) is 6.40. The van der Waals surface area contributed by atoms with Crippen molar-refractivity contribution in [1.82, 2.24) is 5.32 Å². The molecule has 1 aliphatic carbocycles. The van der Waals surface area contributed by atoms with E-state index in [4.69, 9.17) is 10.6 Å². The molecule has 13 nitrogen and oxygen atoms in total. The molecule has 0 aliphatic heterocycles. The average molecular weight is 388 g/mol. The molecule has 27 heavy (non-hydrogen) atoms. The molecular weight excluding hydrogens is 368 g/mol. The smallest absolute Gasteiger partial charge is 0.349 e. The number of nitrogens with one attached hydrogen (secondary N) is 1. The number of azide groups is 1. The predicted octanol–water partition coefficient (Wildman–Crippen LogP) is -1.39. The molecule has 0 unspecified atom stereocenters. The lowest BCUT2D eigenvalue weighted by atomic mass is 9.86. The first-order valence-corrected chi connectivity index (χ1v) is 7.84. The van der Waals surface area contributed by atoms with E-state index >= 15 is 0 Å². The summed E-state index contributed by atoms with van der Waals surface area (Å²) < 4.78 is 9.22. The van der Waals surface area contributed by atoms with Gasteiger partial charge in [-0.25, -0.2) is 4.79 Å². The molecule has 0 spiro atoms. The predicted molar refractivity (Wildman–Crippen MR) is 84.9 cm³/mol. The van der Waals surface area contributed by atoms with Crippen LogP contribution in [0.1, 0.15) is 26.7 Å². The lowest BCUT2D eigenvalue weighted by Crippen LogP contribution is -2.57. The molecule has 4 N–H and O–H groups in total. The fourth-order valence-corrected chi connectivity index (χ4v) is 2.61. The quantitative estimate of drug-likeness (QED) is 0.175. The third-order valence-corrected chi connectivity index (χ3v) is 3.78. The van der Waals surface area contributed by atoms with Gasteiger partial charge in [-0.05, 0) is 18.4 Å². The van der Waals surface area contributed by atoms with Crippen molar-refractivity contribution in [2.24, 2.45) is 5.11 Å². The molecule has 150 valence electrons. The summed E-state index contributed by atoms with van der Waals surface area (Å²) in [6, 6.07) is -1.93. The van der Waals surface area contributed by atoms with Crippen LogP contribution in [-0.2, 0) is 28.7 Å². The fourth-order valence-electron chi connectivity index (χ4n) is 2.61. The number of carbonyl (C=O) groups is 4. The van der Waals surface area contributed by atoms with Gasteiger partial charge in [0.25, 0.3) is 5.91 Å². The van der Waals surface area contributed by atoms with Gasteiger partial charge in [-0.3, -0.25) is 14.4 Å². The van der Waals surface area contributed by atoms with Crippen molar-refractivity contribution in [3.05, 3.63) is 10.4 Å². The van der Waals surface area contributed by atoms with Crippen molar-refractivity contribution in [3.63, 3.8) is 0 Å². The Labute approximate surface area is 152 Å². The van der Waals surface area contributed by atoms with Crippen LogP contribution in [0.15, 0.2) is 5.11 Å². The molecule has 6 atom stereocenters. The van der Waals surface area contributed by atoms with Crippen LogP contribution >= 0.6 is 0 Å². The van der Waals surface area contributed by atoms with Gasteiger partial charge in [-0.2, -0.15) is 0 Å². The van der Waals surface area contributed by atoms with Crippen molar-refractivity contribution in [1.29, 1.82) is 0 Å². The number of aliphatic hydroxyl groups is 2. The molecule has 0 aromatic carbocycles. The Morgan fingerprint density at radius 2 is 1.63 bits per heavy atom. The Morgan fingerprint density at radius 1 is 1.07 bits per heavy atom. The zero-order valence-electron chi connectivity index (χ0n) is 14.5. The zero-order chi connectivity index (χ0) is 20.7. The normalized spacial score (nSPS) is 26.7.